The molecule has 0 radical (unpaired) electrons. The van der Waals surface area contributed by atoms with Crippen LogP contribution in [-0.2, 0) is 17.4 Å². The topological polar surface area (TPSA) is 56.7 Å². The molecule has 0 amide bonds. The molecule has 1 saturated carbocycles. The van der Waals surface area contributed by atoms with E-state index in [1.807, 2.05) is 38.1 Å². The van der Waals surface area contributed by atoms with Crippen LogP contribution in [0.4, 0.5) is 17.6 Å². The van der Waals surface area contributed by atoms with Crippen molar-refractivity contribution < 1.29 is 27.5 Å². The average Bonchev–Trinajstić information content (AvgIpc) is 3.60. The number of carboxylic acid groups (broad SMARTS) is 1. The van der Waals surface area contributed by atoms with Crippen molar-refractivity contribution >= 4 is 17.3 Å². The van der Waals surface area contributed by atoms with Gasteiger partial charge in [-0.1, -0.05) is 44.2 Å². The minimum atomic E-state index is -4.36. The third kappa shape index (κ3) is 7.69. The number of hydrogen-bond acceptors (Lipinski definition) is 5. The normalized spacial score (nSPS) is 22.6. The van der Waals surface area contributed by atoms with Crippen LogP contribution in [0.1, 0.15) is 77.9 Å². The summed E-state index contributed by atoms with van der Waals surface area (Å²) in [4.78, 5) is 22.3. The fraction of sp³-hybridized carbons (Fsp3) is 0.529. The molecule has 1 aliphatic carbocycles. The number of rotatable bonds is 10. The summed E-state index contributed by atoms with van der Waals surface area (Å²) in [5, 5.41) is 10.7. The Hall–Kier alpha value is -2.82. The maximum Gasteiger partial charge on any atom is 0.416 e. The average molecular weight is 632 g/mol. The van der Waals surface area contributed by atoms with E-state index in [-0.39, 0.29) is 29.6 Å². The molecule has 0 bridgehead atoms. The molecular weight excluding hydrogens is 590 g/mol. The first-order valence-electron chi connectivity index (χ1n) is 15.4. The van der Waals surface area contributed by atoms with Gasteiger partial charge in [-0.15, -0.1) is 11.3 Å². The lowest BCUT2D eigenvalue weighted by Crippen LogP contribution is -2.47. The molecule has 5 nitrogen and oxygen atoms in total. The number of hydrogen-bond donors (Lipinski definition) is 1. The van der Waals surface area contributed by atoms with Gasteiger partial charge in [-0.05, 0) is 98.8 Å². The summed E-state index contributed by atoms with van der Waals surface area (Å²) in [6, 6.07) is 11.8. The molecule has 4 atom stereocenters. The van der Waals surface area contributed by atoms with Gasteiger partial charge in [-0.25, -0.2) is 9.37 Å². The van der Waals surface area contributed by atoms with Crippen molar-refractivity contribution in [3.63, 3.8) is 0 Å². The number of likely N-dealkylation sites (N-methyl/N-ethyl adjacent to an activating group) is 1. The number of piperidine rings is 1. The Morgan fingerprint density at radius 2 is 1.84 bits per heavy atom. The second kappa shape index (κ2) is 13.7. The largest absolute Gasteiger partial charge is 0.480 e. The van der Waals surface area contributed by atoms with E-state index in [1.54, 1.807) is 29.5 Å². The molecule has 2 fully saturated rings. The van der Waals surface area contributed by atoms with Crippen LogP contribution < -0.4 is 0 Å². The molecule has 1 aliphatic heterocycles. The Morgan fingerprint density at radius 1 is 1.11 bits per heavy atom. The first kappa shape index (κ1) is 32.6. The molecule has 44 heavy (non-hydrogen) atoms. The molecule has 238 valence electrons. The number of benzene rings is 2. The van der Waals surface area contributed by atoms with Gasteiger partial charge in [0.15, 0.2) is 0 Å². The number of aliphatic carboxylic acids is 1. The lowest BCUT2D eigenvalue weighted by atomic mass is 9.87. The van der Waals surface area contributed by atoms with Crippen LogP contribution in [0.15, 0.2) is 54.7 Å². The van der Waals surface area contributed by atoms with Crippen molar-refractivity contribution in [3.8, 4) is 0 Å². The number of halogens is 4. The van der Waals surface area contributed by atoms with Crippen LogP contribution in [0.2, 0.25) is 0 Å². The minimum absolute atomic E-state index is 0.0273. The lowest BCUT2D eigenvalue weighted by molar-refractivity contribution is -0.145. The van der Waals surface area contributed by atoms with Crippen molar-refractivity contribution in [3.05, 3.63) is 87.1 Å². The highest BCUT2D eigenvalue weighted by Gasteiger charge is 2.42. The van der Waals surface area contributed by atoms with E-state index in [9.17, 15) is 27.5 Å². The van der Waals surface area contributed by atoms with Crippen LogP contribution in [0.25, 0.3) is 0 Å². The summed E-state index contributed by atoms with van der Waals surface area (Å²) in [7, 11) is 1.91. The highest BCUT2D eigenvalue weighted by Crippen LogP contribution is 2.44. The van der Waals surface area contributed by atoms with Gasteiger partial charge in [-0.3, -0.25) is 9.69 Å². The summed E-state index contributed by atoms with van der Waals surface area (Å²) < 4.78 is 53.6. The second-order valence-corrected chi connectivity index (χ2v) is 14.0. The number of thiazole rings is 1. The molecule has 2 aliphatic rings. The van der Waals surface area contributed by atoms with Gasteiger partial charge < -0.3 is 10.0 Å². The molecule has 2 heterocycles. The molecule has 5 rings (SSSR count). The first-order chi connectivity index (χ1) is 20.9. The molecular formula is C34H41F4N3O2S. The quantitative estimate of drug-likeness (QED) is 0.233. The zero-order valence-electron chi connectivity index (χ0n) is 25.4. The van der Waals surface area contributed by atoms with Gasteiger partial charge in [0, 0.05) is 30.1 Å². The second-order valence-electron chi connectivity index (χ2n) is 12.8. The summed E-state index contributed by atoms with van der Waals surface area (Å²) in [6.07, 6.45) is 1.51. The Labute approximate surface area is 260 Å². The van der Waals surface area contributed by atoms with Crippen LogP contribution >= 0.6 is 11.3 Å². The van der Waals surface area contributed by atoms with Crippen LogP contribution in [0.5, 0.6) is 0 Å². The van der Waals surface area contributed by atoms with Gasteiger partial charge >= 0.3 is 12.1 Å². The smallest absolute Gasteiger partial charge is 0.416 e. The highest BCUT2D eigenvalue weighted by molar-refractivity contribution is 7.11. The third-order valence-electron chi connectivity index (χ3n) is 9.51. The van der Waals surface area contributed by atoms with E-state index in [2.05, 4.69) is 9.88 Å². The molecule has 1 saturated heterocycles. The fourth-order valence-electron chi connectivity index (χ4n) is 7.29. The fourth-order valence-corrected chi connectivity index (χ4v) is 8.41. The van der Waals surface area contributed by atoms with Gasteiger partial charge in [0.1, 0.15) is 11.9 Å². The molecule has 1 unspecified atom stereocenters. The van der Waals surface area contributed by atoms with Crippen LogP contribution in [-0.4, -0.2) is 64.6 Å². The zero-order chi connectivity index (χ0) is 31.6. The minimum Gasteiger partial charge on any atom is -0.480 e. The van der Waals surface area contributed by atoms with E-state index in [0.717, 1.165) is 62.0 Å². The Morgan fingerprint density at radius 3 is 2.50 bits per heavy atom. The van der Waals surface area contributed by atoms with Gasteiger partial charge in [0.25, 0.3) is 0 Å². The van der Waals surface area contributed by atoms with E-state index in [0.29, 0.717) is 17.9 Å². The van der Waals surface area contributed by atoms with E-state index >= 15 is 0 Å². The Bertz CT molecular complexity index is 1420. The Balaban J connectivity index is 1.22. The maximum absolute atomic E-state index is 14.2. The van der Waals surface area contributed by atoms with Crippen LogP contribution in [0.3, 0.4) is 0 Å². The summed E-state index contributed by atoms with van der Waals surface area (Å²) in [5.41, 5.74) is 0.947. The first-order valence-corrected chi connectivity index (χ1v) is 16.2. The number of carbonyl (C=O) groups is 1. The Kier molecular flexibility index (Phi) is 10.1. The molecule has 1 aromatic heterocycles. The molecule has 10 heteroatoms. The third-order valence-corrected chi connectivity index (χ3v) is 10.7. The van der Waals surface area contributed by atoms with E-state index in [4.69, 9.17) is 0 Å². The lowest BCUT2D eigenvalue weighted by Gasteiger charge is -2.35. The molecule has 3 aromatic rings. The molecule has 0 spiro atoms. The van der Waals surface area contributed by atoms with Crippen molar-refractivity contribution in [2.45, 2.75) is 76.0 Å². The van der Waals surface area contributed by atoms with E-state index in [1.165, 1.54) is 23.1 Å². The highest BCUT2D eigenvalue weighted by atomic mass is 32.1. The summed E-state index contributed by atoms with van der Waals surface area (Å²) >= 11 is 1.59. The van der Waals surface area contributed by atoms with Crippen LogP contribution in [0, 0.1) is 17.7 Å². The van der Waals surface area contributed by atoms with Crippen molar-refractivity contribution in [2.75, 3.05) is 26.7 Å². The number of likely N-dealkylation sites (tertiary alicyclic amines) is 1. The van der Waals surface area contributed by atoms with E-state index < -0.39 is 23.8 Å². The monoisotopic (exact) mass is 631 g/mol. The van der Waals surface area contributed by atoms with Crippen molar-refractivity contribution in [2.24, 2.45) is 11.8 Å². The van der Waals surface area contributed by atoms with Gasteiger partial charge in [0.2, 0.25) is 0 Å². The molecule has 2 aromatic carbocycles. The van der Waals surface area contributed by atoms with Crippen molar-refractivity contribution in [1.82, 2.24) is 14.8 Å². The van der Waals surface area contributed by atoms with Crippen molar-refractivity contribution in [1.29, 1.82) is 0 Å². The number of alkyl halides is 3. The summed E-state index contributed by atoms with van der Waals surface area (Å²) in [6.45, 7) is 6.59. The standard InChI is InChI=1S/C34H41F4N3O2S/c1-21(2)32(33(42)43)40(3)28-17-25(29(18-28)24-7-5-9-27(35)16-24)20-41-12-10-23(11-13-41)30-19-39-31(44-30)15-22-6-4-8-26(14-22)34(36,37)38/h4-9,14,16,19,21,23,25,28-29,32H,10-13,15,17-18,20H2,1-3H3,(H,42,43)/t25-,28?,29-,32-/m1/s1. The maximum atomic E-state index is 14.2. The number of aromatic nitrogens is 1. The molecule has 1 N–H and O–H groups in total. The zero-order valence-corrected chi connectivity index (χ0v) is 26.3. The number of nitrogens with zero attached hydrogens (tertiary/aromatic N) is 3. The predicted octanol–water partition coefficient (Wildman–Crippen LogP) is 7.67. The SMILES string of the molecule is CC(C)[C@H](C(=O)O)N(C)C1C[C@H](CN2CCC(c3cnc(Cc4cccc(C(F)(F)F)c4)s3)CC2)[C@@H](c2cccc(F)c2)C1. The van der Waals surface area contributed by atoms with Gasteiger partial charge in [-0.2, -0.15) is 13.2 Å². The number of carboxylic acids is 1. The summed E-state index contributed by atoms with van der Waals surface area (Å²) in [5.74, 6) is -0.288. The van der Waals surface area contributed by atoms with Gasteiger partial charge in [0.05, 0.1) is 10.6 Å². The predicted molar refractivity (Wildman–Crippen MR) is 164 cm³/mol.